The summed E-state index contributed by atoms with van der Waals surface area (Å²) in [5, 5.41) is 17.3. The van der Waals surface area contributed by atoms with Crippen LogP contribution in [0.3, 0.4) is 0 Å². The van der Waals surface area contributed by atoms with Gasteiger partial charge < -0.3 is 24.4 Å². The van der Waals surface area contributed by atoms with E-state index in [1.165, 1.54) is 57.5 Å². The molecule has 4 aromatic rings. The third-order valence-corrected chi connectivity index (χ3v) is 11.5. The van der Waals surface area contributed by atoms with Crippen LogP contribution in [-0.4, -0.2) is 104 Å². The fourth-order valence-corrected chi connectivity index (χ4v) is 8.85. The molecule has 8 rings (SSSR count). The summed E-state index contributed by atoms with van der Waals surface area (Å²) in [4.78, 5) is 30.3. The number of hydrogen-bond acceptors (Lipinski definition) is 8. The molecule has 254 valence electrons. The molecule has 1 aliphatic carbocycles. The smallest absolute Gasteiger partial charge is 0.261 e. The molecule has 3 saturated heterocycles. The predicted molar refractivity (Wildman–Crippen MR) is 184 cm³/mol. The Balaban J connectivity index is 1.02. The van der Waals surface area contributed by atoms with Crippen LogP contribution < -0.4 is 10.2 Å². The molecule has 11 nitrogen and oxygen atoms in total. The highest BCUT2D eigenvalue weighted by Crippen LogP contribution is 2.41. The second-order valence-electron chi connectivity index (χ2n) is 14.7. The number of aliphatic hydroxyl groups is 1. The first-order valence-corrected chi connectivity index (χ1v) is 17.6. The summed E-state index contributed by atoms with van der Waals surface area (Å²) in [5.41, 5.74) is 3.94. The van der Waals surface area contributed by atoms with Gasteiger partial charge in [-0.2, -0.15) is 5.10 Å². The second-order valence-corrected chi connectivity index (χ2v) is 14.7. The Labute approximate surface area is 280 Å². The molecule has 6 heterocycles. The van der Waals surface area contributed by atoms with E-state index in [2.05, 4.69) is 53.8 Å². The highest BCUT2D eigenvalue weighted by Gasteiger charge is 2.44. The number of piperidine rings is 2. The molecule has 0 unspecified atom stereocenters. The summed E-state index contributed by atoms with van der Waals surface area (Å²) < 4.78 is 19.3. The number of carbonyl (C=O) groups is 1. The molecular weight excluding hydrogens is 609 g/mol. The fraction of sp³-hybridized carbons (Fsp3) is 0.556. The SMILES string of the molecule is CN1CC2(CCN(C3CCN(c4ccc5nc(NC(=O)c6ccnc(-c7cnn(C)c7)c6F)n([C@H]6CC[C@@H](O)CC6)c5c4)CC3)CC2)C1. The normalized spacial score (nSPS) is 23.9. The molecule has 3 aromatic heterocycles. The van der Waals surface area contributed by atoms with Gasteiger partial charge in [-0.3, -0.25) is 19.8 Å². The van der Waals surface area contributed by atoms with Gasteiger partial charge in [0.15, 0.2) is 5.82 Å². The number of amides is 1. The summed E-state index contributed by atoms with van der Waals surface area (Å²) in [6.45, 7) is 6.99. The van der Waals surface area contributed by atoms with Crippen LogP contribution in [0.5, 0.6) is 0 Å². The van der Waals surface area contributed by atoms with Gasteiger partial charge in [0, 0.05) is 69.0 Å². The number of imidazole rings is 1. The lowest BCUT2D eigenvalue weighted by Gasteiger charge is -2.54. The maximum atomic E-state index is 15.7. The third kappa shape index (κ3) is 5.88. The molecule has 3 aliphatic heterocycles. The van der Waals surface area contributed by atoms with Crippen LogP contribution in [0.15, 0.2) is 42.9 Å². The van der Waals surface area contributed by atoms with Crippen molar-refractivity contribution in [3.8, 4) is 11.3 Å². The number of halogens is 1. The Bertz CT molecular complexity index is 1790. The summed E-state index contributed by atoms with van der Waals surface area (Å²) in [6.07, 6.45) is 12.2. The summed E-state index contributed by atoms with van der Waals surface area (Å²) in [7, 11) is 3.98. The number of likely N-dealkylation sites (tertiary alicyclic amines) is 2. The molecule has 48 heavy (non-hydrogen) atoms. The van der Waals surface area contributed by atoms with Crippen molar-refractivity contribution >= 4 is 28.6 Å². The van der Waals surface area contributed by atoms with Crippen molar-refractivity contribution in [2.24, 2.45) is 12.5 Å². The Hall–Kier alpha value is -3.87. The number of pyridine rings is 1. The van der Waals surface area contributed by atoms with Gasteiger partial charge in [-0.05, 0) is 101 Å². The van der Waals surface area contributed by atoms with E-state index in [0.717, 1.165) is 55.5 Å². The highest BCUT2D eigenvalue weighted by atomic mass is 19.1. The molecule has 4 fully saturated rings. The van der Waals surface area contributed by atoms with Crippen LogP contribution in [0.1, 0.15) is 67.8 Å². The number of hydrogen-bond donors (Lipinski definition) is 2. The molecule has 1 saturated carbocycles. The fourth-order valence-electron chi connectivity index (χ4n) is 8.85. The van der Waals surface area contributed by atoms with Crippen LogP contribution in [0, 0.1) is 11.2 Å². The van der Waals surface area contributed by atoms with E-state index in [1.807, 2.05) is 6.07 Å². The van der Waals surface area contributed by atoms with Gasteiger partial charge in [-0.1, -0.05) is 0 Å². The molecule has 1 spiro atoms. The largest absolute Gasteiger partial charge is 0.393 e. The van der Waals surface area contributed by atoms with Crippen LogP contribution in [-0.2, 0) is 7.05 Å². The van der Waals surface area contributed by atoms with Crippen molar-refractivity contribution in [1.82, 2.24) is 34.1 Å². The molecule has 1 aromatic carbocycles. The average Bonchev–Trinajstić information content (AvgIpc) is 3.67. The monoisotopic (exact) mass is 655 g/mol. The van der Waals surface area contributed by atoms with Gasteiger partial charge in [0.1, 0.15) is 5.69 Å². The topological polar surface area (TPSA) is 108 Å². The van der Waals surface area contributed by atoms with Gasteiger partial charge in [-0.15, -0.1) is 0 Å². The lowest BCUT2D eigenvalue weighted by atomic mass is 9.72. The van der Waals surface area contributed by atoms with Crippen LogP contribution >= 0.6 is 0 Å². The van der Waals surface area contributed by atoms with Gasteiger partial charge in [0.05, 0.1) is 28.9 Å². The minimum absolute atomic E-state index is 0.0563. The molecule has 4 aliphatic rings. The Kier molecular flexibility index (Phi) is 8.20. The molecule has 1 amide bonds. The number of rotatable bonds is 6. The van der Waals surface area contributed by atoms with Gasteiger partial charge in [-0.25, -0.2) is 9.37 Å². The van der Waals surface area contributed by atoms with Gasteiger partial charge in [0.25, 0.3) is 5.91 Å². The zero-order valence-electron chi connectivity index (χ0n) is 28.0. The third-order valence-electron chi connectivity index (χ3n) is 11.5. The van der Waals surface area contributed by atoms with E-state index in [1.54, 1.807) is 17.9 Å². The number of carbonyl (C=O) groups excluding carboxylic acids is 1. The molecule has 0 atom stereocenters. The number of aryl methyl sites for hydroxylation is 1. The number of aliphatic hydroxyl groups excluding tert-OH is 1. The number of aromatic nitrogens is 5. The lowest BCUT2D eigenvalue weighted by molar-refractivity contribution is -0.0419. The second kappa shape index (κ2) is 12.5. The van der Waals surface area contributed by atoms with Crippen molar-refractivity contribution in [2.45, 2.75) is 69.6 Å². The van der Waals surface area contributed by atoms with Crippen LogP contribution in [0.2, 0.25) is 0 Å². The Morgan fingerprint density at radius 2 is 1.73 bits per heavy atom. The van der Waals surface area contributed by atoms with E-state index < -0.39 is 11.7 Å². The maximum absolute atomic E-state index is 15.7. The van der Waals surface area contributed by atoms with E-state index >= 15 is 4.39 Å². The van der Waals surface area contributed by atoms with Gasteiger partial charge in [0.2, 0.25) is 5.95 Å². The molecule has 12 heteroatoms. The average molecular weight is 656 g/mol. The Morgan fingerprint density at radius 3 is 2.42 bits per heavy atom. The van der Waals surface area contributed by atoms with E-state index in [4.69, 9.17) is 4.98 Å². The molecule has 2 N–H and O–H groups in total. The molecular formula is C36H46FN9O2. The van der Waals surface area contributed by atoms with Crippen molar-refractivity contribution in [2.75, 3.05) is 56.5 Å². The first-order chi connectivity index (χ1) is 23.2. The van der Waals surface area contributed by atoms with Crippen LogP contribution in [0.4, 0.5) is 16.0 Å². The van der Waals surface area contributed by atoms with Crippen LogP contribution in [0.25, 0.3) is 22.3 Å². The van der Waals surface area contributed by atoms with E-state index in [0.29, 0.717) is 35.8 Å². The van der Waals surface area contributed by atoms with Crippen molar-refractivity contribution < 1.29 is 14.3 Å². The van der Waals surface area contributed by atoms with Crippen molar-refractivity contribution in [3.63, 3.8) is 0 Å². The number of fused-ring (bicyclic) bond motifs is 1. The Morgan fingerprint density at radius 1 is 0.979 bits per heavy atom. The van der Waals surface area contributed by atoms with E-state index in [9.17, 15) is 9.90 Å². The molecule has 0 bridgehead atoms. The number of nitrogens with one attached hydrogen (secondary N) is 1. The van der Waals surface area contributed by atoms with Gasteiger partial charge >= 0.3 is 0 Å². The first kappa shape index (κ1) is 31.4. The minimum atomic E-state index is -0.697. The zero-order chi connectivity index (χ0) is 33.0. The van der Waals surface area contributed by atoms with E-state index in [-0.39, 0.29) is 23.4 Å². The van der Waals surface area contributed by atoms with Crippen molar-refractivity contribution in [1.29, 1.82) is 0 Å². The summed E-state index contributed by atoms with van der Waals surface area (Å²) in [6, 6.07) is 8.47. The number of benzene rings is 1. The standard InChI is InChI=1S/C36H46FN9O2/c1-42-22-36(23-42)12-17-45(18-13-36)25-10-15-44(16-11-25)27-5-8-30-31(19-27)46(26-3-6-28(47)7-4-26)35(40-30)41-34(48)29-9-14-38-33(32(29)37)24-20-39-43(2)21-24/h5,8-9,14,19-21,25-26,28,47H,3-4,6-7,10-13,15-18,22-23H2,1-2H3,(H,40,41,48)/t26-,28+. The first-order valence-electron chi connectivity index (χ1n) is 17.6. The lowest BCUT2D eigenvalue weighted by Crippen LogP contribution is -2.60. The minimum Gasteiger partial charge on any atom is -0.393 e. The predicted octanol–water partition coefficient (Wildman–Crippen LogP) is 4.70. The maximum Gasteiger partial charge on any atom is 0.261 e. The highest BCUT2D eigenvalue weighted by molar-refractivity contribution is 6.05. The summed E-state index contributed by atoms with van der Waals surface area (Å²) in [5.74, 6) is -0.883. The summed E-state index contributed by atoms with van der Waals surface area (Å²) >= 11 is 0. The number of nitrogens with zero attached hydrogens (tertiary/aromatic N) is 8. The number of anilines is 2. The zero-order valence-corrected chi connectivity index (χ0v) is 28.0. The quantitative estimate of drug-likeness (QED) is 0.308. The molecule has 0 radical (unpaired) electrons. The van der Waals surface area contributed by atoms with Crippen molar-refractivity contribution in [3.05, 3.63) is 54.2 Å².